The zero-order valence-corrected chi connectivity index (χ0v) is 12.0. The SMILES string of the molecule is Cc1ccc(-c2noc([C@@H]3CCCN(C(=N)N)C3)n2)cc1. The fourth-order valence-electron chi connectivity index (χ4n) is 2.62. The molecule has 0 amide bonds. The van der Waals surface area contributed by atoms with Crippen LogP contribution in [0.1, 0.15) is 30.2 Å². The Balaban J connectivity index is 1.78. The van der Waals surface area contributed by atoms with E-state index < -0.39 is 0 Å². The Labute approximate surface area is 123 Å². The molecule has 6 heteroatoms. The quantitative estimate of drug-likeness (QED) is 0.651. The highest BCUT2D eigenvalue weighted by atomic mass is 16.5. The van der Waals surface area contributed by atoms with Crippen LogP contribution in [0, 0.1) is 12.3 Å². The molecular formula is C15H19N5O. The lowest BCUT2D eigenvalue weighted by molar-refractivity contribution is 0.257. The molecule has 0 aliphatic carbocycles. The molecule has 3 N–H and O–H groups in total. The zero-order valence-electron chi connectivity index (χ0n) is 12.0. The molecule has 2 heterocycles. The minimum absolute atomic E-state index is 0.109. The van der Waals surface area contributed by atoms with Crippen molar-refractivity contribution in [3.63, 3.8) is 0 Å². The molecule has 0 saturated carbocycles. The summed E-state index contributed by atoms with van der Waals surface area (Å²) in [5, 5.41) is 11.6. The van der Waals surface area contributed by atoms with Crippen LogP contribution in [-0.2, 0) is 0 Å². The maximum absolute atomic E-state index is 7.54. The summed E-state index contributed by atoms with van der Waals surface area (Å²) in [4.78, 5) is 6.36. The summed E-state index contributed by atoms with van der Waals surface area (Å²) < 4.78 is 5.42. The van der Waals surface area contributed by atoms with Crippen molar-refractivity contribution in [2.75, 3.05) is 13.1 Å². The molecule has 1 saturated heterocycles. The van der Waals surface area contributed by atoms with Crippen LogP contribution in [0.5, 0.6) is 0 Å². The normalized spacial score (nSPS) is 18.7. The molecule has 1 aromatic carbocycles. The van der Waals surface area contributed by atoms with Gasteiger partial charge in [0.1, 0.15) is 0 Å². The minimum Gasteiger partial charge on any atom is -0.370 e. The summed E-state index contributed by atoms with van der Waals surface area (Å²) in [5.41, 5.74) is 7.71. The van der Waals surface area contributed by atoms with E-state index >= 15 is 0 Å². The average molecular weight is 285 g/mol. The monoisotopic (exact) mass is 285 g/mol. The van der Waals surface area contributed by atoms with Crippen molar-refractivity contribution in [3.8, 4) is 11.4 Å². The zero-order chi connectivity index (χ0) is 14.8. The predicted octanol–water partition coefficient (Wildman–Crippen LogP) is 2.12. The Morgan fingerprint density at radius 1 is 1.38 bits per heavy atom. The molecule has 1 fully saturated rings. The van der Waals surface area contributed by atoms with Crippen LogP contribution in [0.2, 0.25) is 0 Å². The fraction of sp³-hybridized carbons (Fsp3) is 0.400. The largest absolute Gasteiger partial charge is 0.370 e. The highest BCUT2D eigenvalue weighted by molar-refractivity contribution is 5.74. The highest BCUT2D eigenvalue weighted by Crippen LogP contribution is 2.27. The van der Waals surface area contributed by atoms with Crippen LogP contribution in [-0.4, -0.2) is 34.1 Å². The molecule has 6 nitrogen and oxygen atoms in total. The third kappa shape index (κ3) is 2.89. The molecule has 21 heavy (non-hydrogen) atoms. The van der Waals surface area contributed by atoms with E-state index in [-0.39, 0.29) is 11.9 Å². The van der Waals surface area contributed by atoms with E-state index in [4.69, 9.17) is 15.7 Å². The summed E-state index contributed by atoms with van der Waals surface area (Å²) in [7, 11) is 0. The van der Waals surface area contributed by atoms with Gasteiger partial charge in [-0.25, -0.2) is 0 Å². The van der Waals surface area contributed by atoms with Crippen LogP contribution in [0.15, 0.2) is 28.8 Å². The number of rotatable bonds is 2. The number of benzene rings is 1. The number of hydrogen-bond acceptors (Lipinski definition) is 4. The topological polar surface area (TPSA) is 92.0 Å². The van der Waals surface area contributed by atoms with E-state index in [0.717, 1.165) is 24.9 Å². The fourth-order valence-corrected chi connectivity index (χ4v) is 2.62. The maximum Gasteiger partial charge on any atom is 0.231 e. The number of likely N-dealkylation sites (tertiary alicyclic amines) is 1. The van der Waals surface area contributed by atoms with Gasteiger partial charge in [-0.15, -0.1) is 0 Å². The molecule has 0 bridgehead atoms. The standard InChI is InChI=1S/C15H19N5O/c1-10-4-6-11(7-5-10)13-18-14(21-19-13)12-3-2-8-20(9-12)15(16)17/h4-7,12H,2-3,8-9H2,1H3,(H3,16,17)/t12-/m1/s1. The van der Waals surface area contributed by atoms with Gasteiger partial charge in [-0.05, 0) is 19.8 Å². The number of aromatic nitrogens is 2. The van der Waals surface area contributed by atoms with Crippen molar-refractivity contribution in [2.45, 2.75) is 25.7 Å². The van der Waals surface area contributed by atoms with Crippen LogP contribution in [0.4, 0.5) is 0 Å². The number of nitrogens with one attached hydrogen (secondary N) is 1. The third-order valence-electron chi connectivity index (χ3n) is 3.86. The summed E-state index contributed by atoms with van der Waals surface area (Å²) >= 11 is 0. The number of guanidine groups is 1. The Morgan fingerprint density at radius 2 is 2.14 bits per heavy atom. The van der Waals surface area contributed by atoms with E-state index in [1.54, 1.807) is 0 Å². The highest BCUT2D eigenvalue weighted by Gasteiger charge is 2.26. The van der Waals surface area contributed by atoms with E-state index in [0.29, 0.717) is 18.3 Å². The van der Waals surface area contributed by atoms with E-state index in [1.807, 2.05) is 36.1 Å². The smallest absolute Gasteiger partial charge is 0.231 e. The summed E-state index contributed by atoms with van der Waals surface area (Å²) in [6.45, 7) is 3.54. The third-order valence-corrected chi connectivity index (χ3v) is 3.86. The lowest BCUT2D eigenvalue weighted by atomic mass is 9.98. The van der Waals surface area contributed by atoms with E-state index in [2.05, 4.69) is 10.1 Å². The first-order valence-corrected chi connectivity index (χ1v) is 7.13. The van der Waals surface area contributed by atoms with Crippen LogP contribution >= 0.6 is 0 Å². The van der Waals surface area contributed by atoms with Gasteiger partial charge in [0, 0.05) is 18.7 Å². The van der Waals surface area contributed by atoms with Gasteiger partial charge in [0.25, 0.3) is 0 Å². The second-order valence-corrected chi connectivity index (χ2v) is 5.49. The average Bonchev–Trinajstić information content (AvgIpc) is 2.98. The first kappa shape index (κ1) is 13.6. The second kappa shape index (κ2) is 5.55. The lowest BCUT2D eigenvalue weighted by Crippen LogP contribution is -2.42. The van der Waals surface area contributed by atoms with Crippen molar-refractivity contribution >= 4 is 5.96 Å². The molecule has 1 atom stereocenters. The summed E-state index contributed by atoms with van der Waals surface area (Å²) in [6, 6.07) is 8.05. The minimum atomic E-state index is 0.109. The molecule has 0 radical (unpaired) electrons. The number of aryl methyl sites for hydroxylation is 1. The Bertz CT molecular complexity index is 634. The van der Waals surface area contributed by atoms with Gasteiger partial charge < -0.3 is 15.2 Å². The molecular weight excluding hydrogens is 266 g/mol. The summed E-state index contributed by atoms with van der Waals surface area (Å²) in [6.07, 6.45) is 1.96. The Kier molecular flexibility index (Phi) is 3.60. The molecule has 1 aliphatic heterocycles. The lowest BCUT2D eigenvalue weighted by Gasteiger charge is -2.30. The maximum atomic E-state index is 7.54. The first-order chi connectivity index (χ1) is 10.1. The summed E-state index contributed by atoms with van der Waals surface area (Å²) in [5.74, 6) is 1.51. The predicted molar refractivity (Wildman–Crippen MR) is 79.9 cm³/mol. The second-order valence-electron chi connectivity index (χ2n) is 5.49. The van der Waals surface area contributed by atoms with Crippen LogP contribution in [0.25, 0.3) is 11.4 Å². The van der Waals surface area contributed by atoms with E-state index in [9.17, 15) is 0 Å². The molecule has 1 aliphatic rings. The molecule has 110 valence electrons. The number of nitrogens with two attached hydrogens (primary N) is 1. The molecule has 3 rings (SSSR count). The van der Waals surface area contributed by atoms with Gasteiger partial charge in [-0.3, -0.25) is 5.41 Å². The van der Waals surface area contributed by atoms with Gasteiger partial charge in [0.2, 0.25) is 11.7 Å². The molecule has 2 aromatic rings. The number of nitrogens with zero attached hydrogens (tertiary/aromatic N) is 3. The van der Waals surface area contributed by atoms with Gasteiger partial charge in [-0.1, -0.05) is 35.0 Å². The van der Waals surface area contributed by atoms with Crippen molar-refractivity contribution in [1.82, 2.24) is 15.0 Å². The van der Waals surface area contributed by atoms with E-state index in [1.165, 1.54) is 5.56 Å². The molecule has 0 unspecified atom stereocenters. The Hall–Kier alpha value is -2.37. The number of piperidine rings is 1. The molecule has 0 spiro atoms. The van der Waals surface area contributed by atoms with Crippen molar-refractivity contribution in [2.24, 2.45) is 5.73 Å². The van der Waals surface area contributed by atoms with Crippen molar-refractivity contribution in [1.29, 1.82) is 5.41 Å². The van der Waals surface area contributed by atoms with Gasteiger partial charge in [0.15, 0.2) is 5.96 Å². The van der Waals surface area contributed by atoms with Crippen LogP contribution < -0.4 is 5.73 Å². The van der Waals surface area contributed by atoms with Crippen molar-refractivity contribution < 1.29 is 4.52 Å². The molecule has 1 aromatic heterocycles. The van der Waals surface area contributed by atoms with Gasteiger partial charge in [-0.2, -0.15) is 4.98 Å². The number of hydrogen-bond donors (Lipinski definition) is 2. The van der Waals surface area contributed by atoms with Gasteiger partial charge >= 0.3 is 0 Å². The van der Waals surface area contributed by atoms with Crippen LogP contribution in [0.3, 0.4) is 0 Å². The van der Waals surface area contributed by atoms with Crippen molar-refractivity contribution in [3.05, 3.63) is 35.7 Å². The van der Waals surface area contributed by atoms with Gasteiger partial charge in [0.05, 0.1) is 5.92 Å². The Morgan fingerprint density at radius 3 is 2.86 bits per heavy atom. The first-order valence-electron chi connectivity index (χ1n) is 7.13.